The average Bonchev–Trinajstić information content (AvgIpc) is 2.76. The van der Waals surface area contributed by atoms with Crippen molar-refractivity contribution in [3.05, 3.63) is 36.5 Å². The predicted molar refractivity (Wildman–Crippen MR) is 58.6 cm³/mol. The molecule has 0 unspecified atom stereocenters. The van der Waals surface area contributed by atoms with Gasteiger partial charge in [-0.05, 0) is 17.5 Å². The molecule has 0 aliphatic rings. The summed E-state index contributed by atoms with van der Waals surface area (Å²) in [5.74, 6) is -2.44. The van der Waals surface area contributed by atoms with Crippen LogP contribution in [0.25, 0.3) is 10.9 Å². The van der Waals surface area contributed by atoms with Crippen LogP contribution < -0.4 is 5.11 Å². The number of aromatic amines is 1. The van der Waals surface area contributed by atoms with Crippen LogP contribution in [-0.2, 0) is 9.59 Å². The Labute approximate surface area is 92.9 Å². The highest BCUT2D eigenvalue weighted by atomic mass is 16.4. The highest BCUT2D eigenvalue weighted by Gasteiger charge is 1.93. The first kappa shape index (κ1) is 12.0. The van der Waals surface area contributed by atoms with Gasteiger partial charge in [0.05, 0.1) is 0 Å². The number of carbonyl (C=O) groups excluding carboxylic acids is 2. The molecule has 0 saturated carbocycles. The second kappa shape index (κ2) is 5.70. The molecule has 1 heterocycles. The van der Waals surface area contributed by atoms with Crippen LogP contribution in [0.3, 0.4) is 0 Å². The second-order valence-corrected chi connectivity index (χ2v) is 3.13. The van der Waals surface area contributed by atoms with Crippen LogP contribution >= 0.6 is 0 Å². The summed E-state index contributed by atoms with van der Waals surface area (Å²) in [6, 6.07) is 10.3. The molecule has 0 aliphatic heterocycles. The molecule has 4 nitrogen and oxygen atoms in total. The zero-order chi connectivity index (χ0) is 12.0. The molecule has 1 aromatic carbocycles. The molecule has 16 heavy (non-hydrogen) atoms. The van der Waals surface area contributed by atoms with E-state index in [0.29, 0.717) is 0 Å². The van der Waals surface area contributed by atoms with Gasteiger partial charge in [0, 0.05) is 18.1 Å². The third kappa shape index (κ3) is 3.24. The van der Waals surface area contributed by atoms with Crippen molar-refractivity contribution in [2.45, 2.75) is 13.3 Å². The molecule has 2 aromatic rings. The normalized spacial score (nSPS) is 9.31. The summed E-state index contributed by atoms with van der Waals surface area (Å²) in [6.45, 7) is 1.47. The molecule has 0 atom stereocenters. The number of carbonyl (C=O) groups is 2. The minimum Gasteiger partial charge on any atom is -0.542 e. The molecular weight excluding hydrogens is 206 g/mol. The van der Waals surface area contributed by atoms with Gasteiger partial charge >= 0.3 is 0 Å². The first-order valence-corrected chi connectivity index (χ1v) is 4.91. The van der Waals surface area contributed by atoms with E-state index in [9.17, 15) is 14.7 Å². The molecule has 0 fully saturated rings. The summed E-state index contributed by atoms with van der Waals surface area (Å²) in [5, 5.41) is 10.7. The number of carboxylic acid groups (broad SMARTS) is 1. The lowest BCUT2D eigenvalue weighted by Gasteiger charge is -1.92. The Hall–Kier alpha value is -2.10. The molecule has 1 aromatic heterocycles. The van der Waals surface area contributed by atoms with E-state index in [2.05, 4.69) is 23.2 Å². The number of carboxylic acids is 1. The van der Waals surface area contributed by atoms with E-state index in [0.717, 1.165) is 0 Å². The number of fused-ring (bicyclic) bond motifs is 1. The van der Waals surface area contributed by atoms with Gasteiger partial charge in [-0.2, -0.15) is 0 Å². The van der Waals surface area contributed by atoms with Crippen LogP contribution in [0.5, 0.6) is 0 Å². The number of H-pyrrole nitrogens is 1. The molecule has 0 amide bonds. The summed E-state index contributed by atoms with van der Waals surface area (Å²) in [5.41, 5.74) is 1.21. The van der Waals surface area contributed by atoms with E-state index in [1.807, 2.05) is 18.3 Å². The van der Waals surface area contributed by atoms with E-state index in [-0.39, 0.29) is 6.42 Å². The van der Waals surface area contributed by atoms with Crippen LogP contribution in [0.4, 0.5) is 0 Å². The number of para-hydroxylation sites is 1. The summed E-state index contributed by atoms with van der Waals surface area (Å²) in [4.78, 5) is 22.4. The Morgan fingerprint density at radius 2 is 1.94 bits per heavy atom. The van der Waals surface area contributed by atoms with Crippen LogP contribution in [-0.4, -0.2) is 16.7 Å². The highest BCUT2D eigenvalue weighted by molar-refractivity contribution is 6.31. The Morgan fingerprint density at radius 1 is 1.25 bits per heavy atom. The Kier molecular flexibility index (Phi) is 4.27. The molecule has 2 rings (SSSR count). The van der Waals surface area contributed by atoms with Gasteiger partial charge < -0.3 is 14.9 Å². The number of rotatable bonds is 2. The molecule has 0 saturated heterocycles. The van der Waals surface area contributed by atoms with Gasteiger partial charge in [-0.3, -0.25) is 4.79 Å². The number of Topliss-reactive ketones (excluding diaryl/α,β-unsaturated/α-hetero) is 1. The Morgan fingerprint density at radius 3 is 2.44 bits per heavy atom. The monoisotopic (exact) mass is 218 g/mol. The van der Waals surface area contributed by atoms with Crippen molar-refractivity contribution < 1.29 is 14.7 Å². The highest BCUT2D eigenvalue weighted by Crippen LogP contribution is 2.09. The zero-order valence-corrected chi connectivity index (χ0v) is 8.90. The van der Waals surface area contributed by atoms with Crippen molar-refractivity contribution in [1.82, 2.24) is 4.98 Å². The first-order valence-electron chi connectivity index (χ1n) is 4.91. The summed E-state index contributed by atoms with van der Waals surface area (Å²) in [6.07, 6.45) is 1.97. The first-order chi connectivity index (χ1) is 7.65. The van der Waals surface area contributed by atoms with Gasteiger partial charge in [0.25, 0.3) is 0 Å². The average molecular weight is 218 g/mol. The van der Waals surface area contributed by atoms with E-state index in [4.69, 9.17) is 0 Å². The maximum Gasteiger partial charge on any atom is 0.177 e. The minimum absolute atomic E-state index is 0.0162. The quantitative estimate of drug-likeness (QED) is 0.760. The fourth-order valence-electron chi connectivity index (χ4n) is 1.14. The van der Waals surface area contributed by atoms with Crippen molar-refractivity contribution in [3.8, 4) is 0 Å². The zero-order valence-electron chi connectivity index (χ0n) is 8.90. The molecule has 0 radical (unpaired) electrons. The number of hydrogen-bond donors (Lipinski definition) is 1. The number of aromatic nitrogens is 1. The minimum atomic E-state index is -1.59. The van der Waals surface area contributed by atoms with E-state index in [1.54, 1.807) is 0 Å². The number of ketones is 1. The van der Waals surface area contributed by atoms with Gasteiger partial charge in [-0.1, -0.05) is 25.1 Å². The lowest BCUT2D eigenvalue weighted by Crippen LogP contribution is -2.30. The van der Waals surface area contributed by atoms with Crippen molar-refractivity contribution in [2.24, 2.45) is 0 Å². The van der Waals surface area contributed by atoms with Crippen molar-refractivity contribution in [2.75, 3.05) is 0 Å². The Balaban J connectivity index is 0.000000168. The molecule has 0 aliphatic carbocycles. The molecule has 0 spiro atoms. The number of benzene rings is 1. The maximum absolute atomic E-state index is 9.85. The SMILES string of the molecule is CCC(=O)C(=O)[O-].c1ccc2[nH]ccc2c1. The van der Waals surface area contributed by atoms with E-state index >= 15 is 0 Å². The topological polar surface area (TPSA) is 73.0 Å². The number of nitrogens with one attached hydrogen (secondary N) is 1. The van der Waals surface area contributed by atoms with Crippen LogP contribution in [0, 0.1) is 0 Å². The summed E-state index contributed by atoms with van der Waals surface area (Å²) < 4.78 is 0. The van der Waals surface area contributed by atoms with Crippen molar-refractivity contribution >= 4 is 22.7 Å². The van der Waals surface area contributed by atoms with E-state index in [1.165, 1.54) is 17.8 Å². The standard InChI is InChI=1S/C8H7N.C4H6O3/c1-2-4-8-7(3-1)5-6-9-8;1-2-3(5)4(6)7/h1-6,9H;2H2,1H3,(H,6,7)/p-1. The van der Waals surface area contributed by atoms with Crippen LogP contribution in [0.2, 0.25) is 0 Å². The second-order valence-electron chi connectivity index (χ2n) is 3.13. The third-order valence-electron chi connectivity index (χ3n) is 2.01. The van der Waals surface area contributed by atoms with Gasteiger partial charge in [0.2, 0.25) is 0 Å². The van der Waals surface area contributed by atoms with Crippen LogP contribution in [0.1, 0.15) is 13.3 Å². The van der Waals surface area contributed by atoms with Gasteiger partial charge in [0.15, 0.2) is 5.78 Å². The molecule has 4 heteroatoms. The fraction of sp³-hybridized carbons (Fsp3) is 0.167. The van der Waals surface area contributed by atoms with Crippen molar-refractivity contribution in [3.63, 3.8) is 0 Å². The number of hydrogen-bond acceptors (Lipinski definition) is 3. The lowest BCUT2D eigenvalue weighted by atomic mass is 10.3. The predicted octanol–water partition coefficient (Wildman–Crippen LogP) is 0.883. The van der Waals surface area contributed by atoms with Gasteiger partial charge in [-0.25, -0.2) is 0 Å². The van der Waals surface area contributed by atoms with Crippen molar-refractivity contribution in [1.29, 1.82) is 0 Å². The maximum atomic E-state index is 9.85. The van der Waals surface area contributed by atoms with E-state index < -0.39 is 11.8 Å². The van der Waals surface area contributed by atoms with Gasteiger partial charge in [-0.15, -0.1) is 0 Å². The lowest BCUT2D eigenvalue weighted by molar-refractivity contribution is -0.299. The largest absolute Gasteiger partial charge is 0.542 e. The fourth-order valence-corrected chi connectivity index (χ4v) is 1.14. The molecular formula is C12H12NO3-. The third-order valence-corrected chi connectivity index (χ3v) is 2.01. The molecule has 84 valence electrons. The molecule has 0 bridgehead atoms. The smallest absolute Gasteiger partial charge is 0.177 e. The summed E-state index contributed by atoms with van der Waals surface area (Å²) >= 11 is 0. The van der Waals surface area contributed by atoms with Gasteiger partial charge in [0.1, 0.15) is 5.97 Å². The van der Waals surface area contributed by atoms with Crippen LogP contribution in [0.15, 0.2) is 36.5 Å². The summed E-state index contributed by atoms with van der Waals surface area (Å²) in [7, 11) is 0. The number of aliphatic carboxylic acids is 1. The Bertz CT molecular complexity index is 457. The molecule has 1 N–H and O–H groups in total.